The predicted molar refractivity (Wildman–Crippen MR) is 88.9 cm³/mol. The molecule has 0 radical (unpaired) electrons. The third kappa shape index (κ3) is 3.72. The molecule has 2 aliphatic rings. The summed E-state index contributed by atoms with van der Waals surface area (Å²) in [7, 11) is 0. The van der Waals surface area contributed by atoms with Crippen LogP contribution in [0, 0.1) is 5.92 Å². The van der Waals surface area contributed by atoms with Crippen molar-refractivity contribution in [1.29, 1.82) is 0 Å². The molecule has 0 bridgehead atoms. The number of nitrogens with two attached hydrogens (primary N) is 1. The number of aliphatic hydroxyl groups is 1. The van der Waals surface area contributed by atoms with Crippen LogP contribution in [-0.2, 0) is 14.3 Å². The van der Waals surface area contributed by atoms with Crippen LogP contribution in [0.4, 0.5) is 0 Å². The van der Waals surface area contributed by atoms with Crippen LogP contribution in [0.25, 0.3) is 0 Å². The first-order chi connectivity index (χ1) is 12.1. The van der Waals surface area contributed by atoms with E-state index in [1.807, 2.05) is 25.1 Å². The lowest BCUT2D eigenvalue weighted by Gasteiger charge is -2.36. The monoisotopic (exact) mass is 349 g/mol. The molecule has 0 aliphatic carbocycles. The van der Waals surface area contributed by atoms with Crippen LogP contribution in [0.3, 0.4) is 0 Å². The van der Waals surface area contributed by atoms with Crippen LogP contribution in [-0.4, -0.2) is 37.3 Å². The molecule has 1 aromatic carbocycles. The van der Waals surface area contributed by atoms with Crippen LogP contribution in [0.2, 0.25) is 0 Å². The van der Waals surface area contributed by atoms with E-state index < -0.39 is 12.2 Å². The molecule has 0 saturated heterocycles. The quantitative estimate of drug-likeness (QED) is 0.776. The third-order valence-electron chi connectivity index (χ3n) is 4.44. The molecule has 7 heteroatoms. The third-order valence-corrected chi connectivity index (χ3v) is 4.44. The summed E-state index contributed by atoms with van der Waals surface area (Å²) in [4.78, 5) is 11.7. The van der Waals surface area contributed by atoms with Crippen molar-refractivity contribution in [3.63, 3.8) is 0 Å². The number of hydrogen-bond acceptors (Lipinski definition) is 6. The Morgan fingerprint density at radius 1 is 1.36 bits per heavy atom. The molecule has 0 aromatic heterocycles. The molecule has 25 heavy (non-hydrogen) atoms. The molecule has 3 atom stereocenters. The first-order valence-corrected chi connectivity index (χ1v) is 8.44. The van der Waals surface area contributed by atoms with Gasteiger partial charge in [-0.15, -0.1) is 0 Å². The van der Waals surface area contributed by atoms with Crippen LogP contribution in [0.1, 0.15) is 31.2 Å². The molecule has 3 rings (SSSR count). The Labute approximate surface area is 146 Å². The average molecular weight is 349 g/mol. The highest BCUT2D eigenvalue weighted by atomic mass is 16.7. The fraction of sp³-hybridized carbons (Fsp3) is 0.500. The van der Waals surface area contributed by atoms with Gasteiger partial charge in [-0.05, 0) is 43.5 Å². The Morgan fingerprint density at radius 2 is 2.16 bits per heavy atom. The van der Waals surface area contributed by atoms with Crippen molar-refractivity contribution < 1.29 is 28.8 Å². The van der Waals surface area contributed by atoms with Crippen LogP contribution in [0.5, 0.6) is 11.5 Å². The molecule has 0 spiro atoms. The molecule has 136 valence electrons. The van der Waals surface area contributed by atoms with Crippen molar-refractivity contribution in [2.45, 2.75) is 32.0 Å². The lowest BCUT2D eigenvalue weighted by atomic mass is 9.80. The number of hydrogen-bond donors (Lipinski definition) is 2. The Bertz CT molecular complexity index is 659. The smallest absolute Gasteiger partial charge is 0.283 e. The second-order valence-electron chi connectivity index (χ2n) is 6.00. The number of fused-ring (bicyclic) bond motifs is 1. The van der Waals surface area contributed by atoms with Gasteiger partial charge in [0.1, 0.15) is 0 Å². The molecule has 0 fully saturated rings. The highest BCUT2D eigenvalue weighted by Gasteiger charge is 2.37. The summed E-state index contributed by atoms with van der Waals surface area (Å²) in [5.74, 6) is 0.636. The Kier molecular flexibility index (Phi) is 5.45. The number of benzene rings is 1. The van der Waals surface area contributed by atoms with E-state index in [4.69, 9.17) is 24.7 Å². The fourth-order valence-electron chi connectivity index (χ4n) is 3.28. The number of aliphatic hydroxyl groups excluding tert-OH is 1. The highest BCUT2D eigenvalue weighted by molar-refractivity contribution is 5.90. The van der Waals surface area contributed by atoms with Gasteiger partial charge in [0, 0.05) is 25.0 Å². The van der Waals surface area contributed by atoms with Crippen molar-refractivity contribution in [2.24, 2.45) is 11.7 Å². The number of carbonyl (C=O) groups excluding carboxylic acids is 1. The lowest BCUT2D eigenvalue weighted by Crippen LogP contribution is -2.37. The maximum Gasteiger partial charge on any atom is 0.283 e. The van der Waals surface area contributed by atoms with Crippen LogP contribution >= 0.6 is 0 Å². The van der Waals surface area contributed by atoms with Gasteiger partial charge in [-0.2, -0.15) is 0 Å². The lowest BCUT2D eigenvalue weighted by molar-refractivity contribution is -0.165. The minimum atomic E-state index is -0.629. The summed E-state index contributed by atoms with van der Waals surface area (Å²) >= 11 is 0. The summed E-state index contributed by atoms with van der Waals surface area (Å²) in [6.45, 7) is 2.59. The standard InChI is InChI=1S/C18H23NO6/c1-2-22-18-12(4-3-7-20)13(9-16(25-18)17(19)21)11-5-6-14-15(8-11)24-10-23-14/h5-6,8-9,12-13,18,20H,2-4,7,10H2,1H3,(H2,19,21)/t12-,13+,18+/m1/s1. The maximum absolute atomic E-state index is 11.7. The molecule has 2 aliphatic heterocycles. The molecule has 2 heterocycles. The van der Waals surface area contributed by atoms with Gasteiger partial charge < -0.3 is 29.8 Å². The van der Waals surface area contributed by atoms with Crippen molar-refractivity contribution in [2.75, 3.05) is 20.0 Å². The first-order valence-electron chi connectivity index (χ1n) is 8.44. The molecule has 7 nitrogen and oxygen atoms in total. The van der Waals surface area contributed by atoms with Crippen molar-refractivity contribution >= 4 is 5.91 Å². The van der Waals surface area contributed by atoms with Gasteiger partial charge in [0.05, 0.1) is 0 Å². The molecule has 1 amide bonds. The number of primary amides is 1. The van der Waals surface area contributed by atoms with E-state index in [0.29, 0.717) is 30.9 Å². The van der Waals surface area contributed by atoms with E-state index in [1.54, 1.807) is 6.08 Å². The summed E-state index contributed by atoms with van der Waals surface area (Å²) < 4.78 is 22.2. The number of rotatable bonds is 7. The number of allylic oxidation sites excluding steroid dienone is 1. The molecule has 3 N–H and O–H groups in total. The summed E-state index contributed by atoms with van der Waals surface area (Å²) in [5, 5.41) is 9.23. The normalized spacial score (nSPS) is 24.6. The van der Waals surface area contributed by atoms with Gasteiger partial charge in [0.15, 0.2) is 17.3 Å². The Balaban J connectivity index is 1.97. The number of amides is 1. The van der Waals surface area contributed by atoms with Gasteiger partial charge >= 0.3 is 0 Å². The average Bonchev–Trinajstić information content (AvgIpc) is 3.07. The van der Waals surface area contributed by atoms with E-state index in [-0.39, 0.29) is 31.0 Å². The number of carbonyl (C=O) groups is 1. The minimum Gasteiger partial charge on any atom is -0.459 e. The summed E-state index contributed by atoms with van der Waals surface area (Å²) in [6, 6.07) is 5.69. The number of ether oxygens (including phenoxy) is 4. The zero-order valence-corrected chi connectivity index (χ0v) is 14.1. The zero-order chi connectivity index (χ0) is 17.8. The van der Waals surface area contributed by atoms with E-state index in [1.165, 1.54) is 0 Å². The maximum atomic E-state index is 11.7. The summed E-state index contributed by atoms with van der Waals surface area (Å²) in [5.41, 5.74) is 6.39. The van der Waals surface area contributed by atoms with Gasteiger partial charge in [0.25, 0.3) is 5.91 Å². The van der Waals surface area contributed by atoms with Crippen molar-refractivity contribution in [1.82, 2.24) is 0 Å². The van der Waals surface area contributed by atoms with Crippen LogP contribution < -0.4 is 15.2 Å². The second-order valence-corrected chi connectivity index (χ2v) is 6.00. The van der Waals surface area contributed by atoms with Gasteiger partial charge in [-0.3, -0.25) is 4.79 Å². The Hall–Kier alpha value is -2.25. The SMILES string of the molecule is CCO[C@H]1OC(C(N)=O)=C[C@@H](c2ccc3c(c2)OCO3)[C@H]1CCCO. The first kappa shape index (κ1) is 17.6. The molecule has 1 aromatic rings. The predicted octanol–water partition coefficient (Wildman–Crippen LogP) is 1.65. The molecular formula is C18H23NO6. The van der Waals surface area contributed by atoms with Gasteiger partial charge in [-0.25, -0.2) is 0 Å². The van der Waals surface area contributed by atoms with E-state index in [0.717, 1.165) is 5.56 Å². The second kappa shape index (κ2) is 7.76. The molecular weight excluding hydrogens is 326 g/mol. The van der Waals surface area contributed by atoms with Gasteiger partial charge in [-0.1, -0.05) is 6.07 Å². The topological polar surface area (TPSA) is 100 Å². The van der Waals surface area contributed by atoms with E-state index in [9.17, 15) is 9.90 Å². The highest BCUT2D eigenvalue weighted by Crippen LogP contribution is 2.42. The minimum absolute atomic E-state index is 0.0597. The largest absolute Gasteiger partial charge is 0.459 e. The van der Waals surface area contributed by atoms with E-state index >= 15 is 0 Å². The van der Waals surface area contributed by atoms with E-state index in [2.05, 4.69) is 0 Å². The Morgan fingerprint density at radius 3 is 2.88 bits per heavy atom. The van der Waals surface area contributed by atoms with Gasteiger partial charge in [0.2, 0.25) is 13.1 Å². The molecule has 0 saturated carbocycles. The molecule has 0 unspecified atom stereocenters. The van der Waals surface area contributed by atoms with Crippen molar-refractivity contribution in [3.8, 4) is 11.5 Å². The summed E-state index contributed by atoms with van der Waals surface area (Å²) in [6.07, 6.45) is 2.43. The van der Waals surface area contributed by atoms with Crippen LogP contribution in [0.15, 0.2) is 30.0 Å². The zero-order valence-electron chi connectivity index (χ0n) is 14.1. The van der Waals surface area contributed by atoms with Crippen molar-refractivity contribution in [3.05, 3.63) is 35.6 Å². The fourth-order valence-corrected chi connectivity index (χ4v) is 3.28.